The second-order valence-electron chi connectivity index (χ2n) is 5.45. The van der Waals surface area contributed by atoms with Gasteiger partial charge in [0.25, 0.3) is 0 Å². The number of aromatic hydroxyl groups is 1. The maximum absolute atomic E-state index is 13.3. The summed E-state index contributed by atoms with van der Waals surface area (Å²) < 4.78 is 15.2. The van der Waals surface area contributed by atoms with Crippen molar-refractivity contribution in [1.82, 2.24) is 25.4 Å². The number of rotatable bonds is 3. The zero-order valence-electron chi connectivity index (χ0n) is 12.8. The Kier molecular flexibility index (Phi) is 4.40. The van der Waals surface area contributed by atoms with E-state index in [-0.39, 0.29) is 11.8 Å². The summed E-state index contributed by atoms with van der Waals surface area (Å²) >= 11 is 0. The van der Waals surface area contributed by atoms with Crippen LogP contribution in [0.15, 0.2) is 29.5 Å². The molecule has 3 rings (SSSR count). The van der Waals surface area contributed by atoms with Crippen LogP contribution in [0.3, 0.4) is 0 Å². The lowest BCUT2D eigenvalue weighted by atomic mass is 10.1. The smallest absolute Gasteiger partial charge is 0.191 e. The molecule has 1 aromatic carbocycles. The van der Waals surface area contributed by atoms with Crippen LogP contribution < -0.4 is 10.6 Å². The van der Waals surface area contributed by atoms with Gasteiger partial charge in [-0.15, -0.1) is 0 Å². The molecule has 0 saturated carbocycles. The predicted octanol–water partition coefficient (Wildman–Crippen LogP) is 0.803. The van der Waals surface area contributed by atoms with Crippen molar-refractivity contribution in [2.45, 2.75) is 32.0 Å². The number of aryl methyl sites for hydroxylation is 1. The Morgan fingerprint density at radius 2 is 2.39 bits per heavy atom. The summed E-state index contributed by atoms with van der Waals surface area (Å²) in [5.74, 6) is 0.679. The zero-order chi connectivity index (χ0) is 16.2. The van der Waals surface area contributed by atoms with E-state index < -0.39 is 5.82 Å². The summed E-state index contributed by atoms with van der Waals surface area (Å²) in [6, 6.07) is 4.53. The minimum atomic E-state index is -0.627. The number of benzene rings is 1. The lowest BCUT2D eigenvalue weighted by molar-refractivity contribution is 0.392. The summed E-state index contributed by atoms with van der Waals surface area (Å²) in [6.45, 7) is 1.15. The fourth-order valence-electron chi connectivity index (χ4n) is 2.59. The minimum Gasteiger partial charge on any atom is -0.505 e. The molecule has 0 radical (unpaired) electrons. The maximum Gasteiger partial charge on any atom is 0.191 e. The van der Waals surface area contributed by atoms with Crippen LogP contribution >= 0.6 is 0 Å². The van der Waals surface area contributed by atoms with E-state index in [1.807, 2.05) is 4.68 Å². The summed E-state index contributed by atoms with van der Waals surface area (Å²) in [5, 5.41) is 19.9. The van der Waals surface area contributed by atoms with Crippen molar-refractivity contribution < 1.29 is 9.50 Å². The average molecular weight is 318 g/mol. The molecule has 1 aliphatic rings. The molecule has 0 amide bonds. The Labute approximate surface area is 133 Å². The predicted molar refractivity (Wildman–Crippen MR) is 83.5 cm³/mol. The van der Waals surface area contributed by atoms with Crippen LogP contribution in [0.1, 0.15) is 17.8 Å². The van der Waals surface area contributed by atoms with Gasteiger partial charge < -0.3 is 15.7 Å². The number of fused-ring (bicyclic) bond motifs is 1. The van der Waals surface area contributed by atoms with Crippen molar-refractivity contribution in [2.24, 2.45) is 4.99 Å². The van der Waals surface area contributed by atoms with E-state index in [4.69, 9.17) is 0 Å². The van der Waals surface area contributed by atoms with Gasteiger partial charge in [0.05, 0.1) is 6.54 Å². The topological polar surface area (TPSA) is 87.4 Å². The van der Waals surface area contributed by atoms with E-state index in [2.05, 4.69) is 25.7 Å². The van der Waals surface area contributed by atoms with Crippen LogP contribution in [0.25, 0.3) is 0 Å². The first kappa shape index (κ1) is 15.3. The first-order valence-corrected chi connectivity index (χ1v) is 7.47. The molecule has 0 bridgehead atoms. The van der Waals surface area contributed by atoms with Gasteiger partial charge in [-0.25, -0.2) is 14.1 Å². The molecule has 0 spiro atoms. The van der Waals surface area contributed by atoms with Crippen LogP contribution in [0.5, 0.6) is 5.75 Å². The van der Waals surface area contributed by atoms with Crippen molar-refractivity contribution in [3.05, 3.63) is 41.7 Å². The Hall–Kier alpha value is -2.64. The molecule has 1 aliphatic heterocycles. The fourth-order valence-corrected chi connectivity index (χ4v) is 2.59. The Morgan fingerprint density at radius 3 is 3.17 bits per heavy atom. The second-order valence-corrected chi connectivity index (χ2v) is 5.45. The van der Waals surface area contributed by atoms with Crippen molar-refractivity contribution in [3.8, 4) is 5.75 Å². The van der Waals surface area contributed by atoms with E-state index in [0.29, 0.717) is 12.5 Å². The third-order valence-electron chi connectivity index (χ3n) is 3.84. The number of phenols is 1. The van der Waals surface area contributed by atoms with Crippen LogP contribution in [0.4, 0.5) is 4.39 Å². The lowest BCUT2D eigenvalue weighted by Crippen LogP contribution is -2.46. The van der Waals surface area contributed by atoms with Gasteiger partial charge >= 0.3 is 0 Å². The van der Waals surface area contributed by atoms with Crippen molar-refractivity contribution in [3.63, 3.8) is 0 Å². The molecule has 1 atom stereocenters. The zero-order valence-corrected chi connectivity index (χ0v) is 12.8. The Balaban J connectivity index is 1.55. The summed E-state index contributed by atoms with van der Waals surface area (Å²) in [5.41, 5.74) is 0.727. The fraction of sp³-hybridized carbons (Fsp3) is 0.400. The highest BCUT2D eigenvalue weighted by atomic mass is 19.1. The van der Waals surface area contributed by atoms with E-state index in [9.17, 15) is 9.50 Å². The van der Waals surface area contributed by atoms with E-state index in [1.165, 1.54) is 12.1 Å². The largest absolute Gasteiger partial charge is 0.505 e. The van der Waals surface area contributed by atoms with Gasteiger partial charge in [-0.1, -0.05) is 6.07 Å². The van der Waals surface area contributed by atoms with Crippen molar-refractivity contribution in [1.29, 1.82) is 0 Å². The molecule has 0 aliphatic carbocycles. The van der Waals surface area contributed by atoms with Gasteiger partial charge in [-0.05, 0) is 24.1 Å². The normalized spacial score (nSPS) is 17.7. The third kappa shape index (κ3) is 3.58. The molecular weight excluding hydrogens is 299 g/mol. The number of aromatic nitrogens is 3. The molecule has 3 N–H and O–H groups in total. The lowest BCUT2D eigenvalue weighted by Gasteiger charge is -2.25. The monoisotopic (exact) mass is 318 g/mol. The minimum absolute atomic E-state index is 0.215. The molecule has 0 fully saturated rings. The van der Waals surface area contributed by atoms with Gasteiger partial charge in [-0.3, -0.25) is 4.99 Å². The summed E-state index contributed by atoms with van der Waals surface area (Å²) in [4.78, 5) is 8.39. The number of nitrogens with zero attached hydrogens (tertiary/aromatic N) is 4. The molecule has 1 unspecified atom stereocenters. The first-order chi connectivity index (χ1) is 11.2. The highest BCUT2D eigenvalue weighted by Gasteiger charge is 2.20. The van der Waals surface area contributed by atoms with Crippen molar-refractivity contribution in [2.75, 3.05) is 7.05 Å². The molecule has 2 aromatic rings. The molecule has 0 saturated heterocycles. The highest BCUT2D eigenvalue weighted by molar-refractivity contribution is 5.79. The number of aliphatic imine (C=N–C) groups is 1. The van der Waals surface area contributed by atoms with E-state index in [0.717, 1.165) is 30.8 Å². The first-order valence-electron chi connectivity index (χ1n) is 7.47. The molecule has 8 heteroatoms. The number of halogens is 1. The third-order valence-corrected chi connectivity index (χ3v) is 3.84. The average Bonchev–Trinajstić information content (AvgIpc) is 3.02. The quantitative estimate of drug-likeness (QED) is 0.576. The van der Waals surface area contributed by atoms with Crippen LogP contribution in [0, 0.1) is 5.82 Å². The number of nitrogens with one attached hydrogen (secondary N) is 2. The Morgan fingerprint density at radius 1 is 1.52 bits per heavy atom. The molecule has 122 valence electrons. The van der Waals surface area contributed by atoms with Gasteiger partial charge in [0.1, 0.15) is 12.2 Å². The summed E-state index contributed by atoms with van der Waals surface area (Å²) in [6.07, 6.45) is 3.40. The second kappa shape index (κ2) is 6.64. The SMILES string of the molecule is CN=C(NCc1ccc(O)c(F)c1)NC1CCc2ncnn2C1. The number of hydrogen-bond donors (Lipinski definition) is 3. The molecule has 7 nitrogen and oxygen atoms in total. The van der Waals surface area contributed by atoms with E-state index in [1.54, 1.807) is 19.4 Å². The molecule has 23 heavy (non-hydrogen) atoms. The number of phenolic OH excluding ortho intramolecular Hbond substituents is 1. The number of hydrogen-bond acceptors (Lipinski definition) is 4. The van der Waals surface area contributed by atoms with Crippen molar-refractivity contribution >= 4 is 5.96 Å². The molecule has 1 aromatic heterocycles. The number of guanidine groups is 1. The van der Waals surface area contributed by atoms with Gasteiger partial charge in [0.15, 0.2) is 17.5 Å². The molecule has 2 heterocycles. The Bertz CT molecular complexity index is 714. The summed E-state index contributed by atoms with van der Waals surface area (Å²) in [7, 11) is 1.69. The van der Waals surface area contributed by atoms with E-state index >= 15 is 0 Å². The molecular formula is C15H19FN6O. The maximum atomic E-state index is 13.3. The van der Waals surface area contributed by atoms with Gasteiger partial charge in [0, 0.05) is 26.1 Å². The standard InChI is InChI=1S/C15H19FN6O/c1-17-15(18-7-10-2-4-13(23)12(16)6-10)21-11-3-5-14-19-9-20-22(14)8-11/h2,4,6,9,11,23H,3,5,7-8H2,1H3,(H2,17,18,21). The van der Waals surface area contributed by atoms with Gasteiger partial charge in [-0.2, -0.15) is 5.10 Å². The van der Waals surface area contributed by atoms with Crippen LogP contribution in [0.2, 0.25) is 0 Å². The van der Waals surface area contributed by atoms with Crippen LogP contribution in [-0.4, -0.2) is 38.9 Å². The van der Waals surface area contributed by atoms with Gasteiger partial charge in [0.2, 0.25) is 0 Å². The van der Waals surface area contributed by atoms with Crippen LogP contribution in [-0.2, 0) is 19.5 Å². The highest BCUT2D eigenvalue weighted by Crippen LogP contribution is 2.16.